The summed E-state index contributed by atoms with van der Waals surface area (Å²) in [6, 6.07) is 16.7. The molecule has 0 bridgehead atoms. The van der Waals surface area contributed by atoms with Crippen molar-refractivity contribution >= 4 is 56.5 Å². The fourth-order valence-electron chi connectivity index (χ4n) is 3.10. The summed E-state index contributed by atoms with van der Waals surface area (Å²) in [5.74, 6) is 1.70. The van der Waals surface area contributed by atoms with Gasteiger partial charge in [-0.15, -0.1) is 21.5 Å². The van der Waals surface area contributed by atoms with E-state index < -0.39 is 0 Å². The third-order valence-electron chi connectivity index (χ3n) is 4.52. The standard InChI is InChI=1S/C21H13Cl2N5OS2/c22-13-3-1-12(2-4-13)19-26-27-21(28(19)15-7-5-14(23)6-8-15)31-11-17-24-16-9-10-30-18(16)20(29)25-17/h1-10H,11H2,(H,24,25,29). The molecule has 5 rings (SSSR count). The van der Waals surface area contributed by atoms with Crippen molar-refractivity contribution in [3.8, 4) is 17.1 Å². The molecule has 10 heteroatoms. The molecule has 154 valence electrons. The van der Waals surface area contributed by atoms with E-state index >= 15 is 0 Å². The summed E-state index contributed by atoms with van der Waals surface area (Å²) in [5.41, 5.74) is 2.32. The lowest BCUT2D eigenvalue weighted by atomic mass is 10.2. The Morgan fingerprint density at radius 1 is 0.968 bits per heavy atom. The summed E-state index contributed by atoms with van der Waals surface area (Å²) < 4.78 is 2.58. The van der Waals surface area contributed by atoms with Crippen molar-refractivity contribution in [3.05, 3.63) is 86.2 Å². The normalized spacial score (nSPS) is 11.3. The number of nitrogens with zero attached hydrogens (tertiary/aromatic N) is 4. The van der Waals surface area contributed by atoms with Gasteiger partial charge in [-0.25, -0.2) is 4.98 Å². The van der Waals surface area contributed by atoms with Gasteiger partial charge in [0.1, 0.15) is 10.5 Å². The molecule has 0 radical (unpaired) electrons. The van der Waals surface area contributed by atoms with Crippen molar-refractivity contribution in [2.45, 2.75) is 10.9 Å². The van der Waals surface area contributed by atoms with Crippen LogP contribution in [0.5, 0.6) is 0 Å². The molecule has 0 aliphatic heterocycles. The van der Waals surface area contributed by atoms with E-state index in [1.165, 1.54) is 23.1 Å². The molecular formula is C21H13Cl2N5OS2. The first-order chi connectivity index (χ1) is 15.1. The summed E-state index contributed by atoms with van der Waals surface area (Å²) in [6.45, 7) is 0. The first kappa shape index (κ1) is 20.3. The van der Waals surface area contributed by atoms with Crippen LogP contribution in [-0.2, 0) is 5.75 Å². The van der Waals surface area contributed by atoms with Gasteiger partial charge in [-0.2, -0.15) is 0 Å². The number of thioether (sulfide) groups is 1. The van der Waals surface area contributed by atoms with Gasteiger partial charge in [-0.3, -0.25) is 9.36 Å². The van der Waals surface area contributed by atoms with Crippen LogP contribution in [0.15, 0.2) is 69.9 Å². The molecule has 2 aromatic carbocycles. The Kier molecular flexibility index (Phi) is 5.54. The van der Waals surface area contributed by atoms with Gasteiger partial charge in [-0.1, -0.05) is 35.0 Å². The Hall–Kier alpha value is -2.65. The molecule has 0 fully saturated rings. The zero-order chi connectivity index (χ0) is 21.4. The van der Waals surface area contributed by atoms with Crippen LogP contribution in [0.3, 0.4) is 0 Å². The van der Waals surface area contributed by atoms with Crippen LogP contribution in [0, 0.1) is 0 Å². The number of aromatic nitrogens is 5. The first-order valence-electron chi connectivity index (χ1n) is 9.15. The van der Waals surface area contributed by atoms with E-state index in [0.717, 1.165) is 11.3 Å². The van der Waals surface area contributed by atoms with Gasteiger partial charge in [0.15, 0.2) is 11.0 Å². The summed E-state index contributed by atoms with van der Waals surface area (Å²) >= 11 is 14.9. The summed E-state index contributed by atoms with van der Waals surface area (Å²) in [5, 5.41) is 12.6. The number of hydrogen-bond acceptors (Lipinski definition) is 6. The third-order valence-corrected chi connectivity index (χ3v) is 6.87. The molecule has 0 unspecified atom stereocenters. The number of benzene rings is 2. The highest BCUT2D eigenvalue weighted by molar-refractivity contribution is 7.98. The second kappa shape index (κ2) is 8.47. The molecule has 3 aromatic heterocycles. The molecule has 6 nitrogen and oxygen atoms in total. The number of fused-ring (bicyclic) bond motifs is 1. The van der Waals surface area contributed by atoms with Crippen LogP contribution in [0.25, 0.3) is 27.3 Å². The quantitative estimate of drug-likeness (QED) is 0.316. The minimum Gasteiger partial charge on any atom is -0.309 e. The Bertz CT molecular complexity index is 1430. The van der Waals surface area contributed by atoms with Gasteiger partial charge in [0.2, 0.25) is 0 Å². The lowest BCUT2D eigenvalue weighted by Gasteiger charge is -2.10. The fraction of sp³-hybridized carbons (Fsp3) is 0.0476. The number of thiophene rings is 1. The summed E-state index contributed by atoms with van der Waals surface area (Å²) in [7, 11) is 0. The van der Waals surface area contributed by atoms with Gasteiger partial charge in [0, 0.05) is 21.3 Å². The highest BCUT2D eigenvalue weighted by atomic mass is 35.5. The van der Waals surface area contributed by atoms with Gasteiger partial charge < -0.3 is 4.98 Å². The van der Waals surface area contributed by atoms with E-state index in [0.29, 0.717) is 42.8 Å². The number of H-pyrrole nitrogens is 1. The monoisotopic (exact) mass is 485 g/mol. The minimum absolute atomic E-state index is 0.128. The lowest BCUT2D eigenvalue weighted by Crippen LogP contribution is -2.09. The average molecular weight is 486 g/mol. The van der Waals surface area contributed by atoms with Crippen molar-refractivity contribution < 1.29 is 0 Å². The highest BCUT2D eigenvalue weighted by Crippen LogP contribution is 2.30. The van der Waals surface area contributed by atoms with E-state index in [-0.39, 0.29) is 5.56 Å². The number of hydrogen-bond donors (Lipinski definition) is 1. The number of rotatable bonds is 5. The van der Waals surface area contributed by atoms with Crippen LogP contribution in [0.4, 0.5) is 0 Å². The van der Waals surface area contributed by atoms with Crippen molar-refractivity contribution in [1.82, 2.24) is 24.7 Å². The van der Waals surface area contributed by atoms with Crippen LogP contribution in [0.2, 0.25) is 10.0 Å². The third kappa shape index (κ3) is 4.12. The lowest BCUT2D eigenvalue weighted by molar-refractivity contribution is 0.883. The van der Waals surface area contributed by atoms with Crippen LogP contribution < -0.4 is 5.56 Å². The van der Waals surface area contributed by atoms with E-state index in [4.69, 9.17) is 23.2 Å². The van der Waals surface area contributed by atoms with Gasteiger partial charge in [0.25, 0.3) is 5.56 Å². The SMILES string of the molecule is O=c1[nH]c(CSc2nnc(-c3ccc(Cl)cc3)n2-c2ccc(Cl)cc2)nc2ccsc12. The fourth-order valence-corrected chi connectivity index (χ4v) is 4.89. The maximum absolute atomic E-state index is 12.3. The second-order valence-electron chi connectivity index (χ2n) is 6.56. The topological polar surface area (TPSA) is 76.5 Å². The first-order valence-corrected chi connectivity index (χ1v) is 11.8. The predicted molar refractivity (Wildman–Crippen MR) is 127 cm³/mol. The average Bonchev–Trinajstić information content (AvgIpc) is 3.41. The van der Waals surface area contributed by atoms with E-state index in [9.17, 15) is 4.79 Å². The maximum Gasteiger partial charge on any atom is 0.268 e. The zero-order valence-corrected chi connectivity index (χ0v) is 18.9. The van der Waals surface area contributed by atoms with Crippen LogP contribution in [-0.4, -0.2) is 24.7 Å². The molecule has 0 amide bonds. The molecular weight excluding hydrogens is 473 g/mol. The molecule has 5 aromatic rings. The number of halogens is 2. The molecule has 0 saturated heterocycles. The maximum atomic E-state index is 12.3. The van der Waals surface area contributed by atoms with E-state index in [1.807, 2.05) is 64.5 Å². The van der Waals surface area contributed by atoms with Crippen molar-refractivity contribution in [2.75, 3.05) is 0 Å². The molecule has 0 atom stereocenters. The Morgan fingerprint density at radius 3 is 2.42 bits per heavy atom. The Labute approximate surface area is 194 Å². The smallest absolute Gasteiger partial charge is 0.268 e. The molecule has 0 spiro atoms. The van der Waals surface area contributed by atoms with Gasteiger partial charge in [-0.05, 0) is 60.0 Å². The molecule has 0 aliphatic carbocycles. The summed E-state index contributed by atoms with van der Waals surface area (Å²) in [6.07, 6.45) is 0. The molecule has 0 aliphatic rings. The van der Waals surface area contributed by atoms with Crippen molar-refractivity contribution in [3.63, 3.8) is 0 Å². The van der Waals surface area contributed by atoms with Gasteiger partial charge in [0.05, 0.1) is 11.3 Å². The van der Waals surface area contributed by atoms with E-state index in [2.05, 4.69) is 20.2 Å². The molecule has 1 N–H and O–H groups in total. The molecule has 3 heterocycles. The second-order valence-corrected chi connectivity index (χ2v) is 9.29. The van der Waals surface area contributed by atoms with Crippen molar-refractivity contribution in [1.29, 1.82) is 0 Å². The number of aromatic amines is 1. The largest absolute Gasteiger partial charge is 0.309 e. The van der Waals surface area contributed by atoms with E-state index in [1.54, 1.807) is 0 Å². The predicted octanol–water partition coefficient (Wildman–Crippen LogP) is 5.83. The Balaban J connectivity index is 1.53. The van der Waals surface area contributed by atoms with Crippen LogP contribution in [0.1, 0.15) is 5.82 Å². The highest BCUT2D eigenvalue weighted by Gasteiger charge is 2.17. The summed E-state index contributed by atoms with van der Waals surface area (Å²) in [4.78, 5) is 19.7. The number of nitrogens with one attached hydrogen (secondary N) is 1. The zero-order valence-electron chi connectivity index (χ0n) is 15.8. The minimum atomic E-state index is -0.128. The van der Waals surface area contributed by atoms with Gasteiger partial charge >= 0.3 is 0 Å². The molecule has 31 heavy (non-hydrogen) atoms. The Morgan fingerprint density at radius 2 is 1.68 bits per heavy atom. The van der Waals surface area contributed by atoms with Crippen molar-refractivity contribution in [2.24, 2.45) is 0 Å². The molecule has 0 saturated carbocycles. The van der Waals surface area contributed by atoms with Crippen LogP contribution >= 0.6 is 46.3 Å².